The van der Waals surface area contributed by atoms with Gasteiger partial charge in [-0.2, -0.15) is 12.7 Å². The molecule has 3 rings (SSSR count). The van der Waals surface area contributed by atoms with Gasteiger partial charge in [-0.3, -0.25) is 4.72 Å². The second kappa shape index (κ2) is 4.29. The van der Waals surface area contributed by atoms with Crippen molar-refractivity contribution in [1.82, 2.24) is 14.3 Å². The highest BCUT2D eigenvalue weighted by molar-refractivity contribution is 9.10. The first kappa shape index (κ1) is 12.6. The van der Waals surface area contributed by atoms with Crippen molar-refractivity contribution in [3.8, 4) is 0 Å². The summed E-state index contributed by atoms with van der Waals surface area (Å²) in [5.74, 6) is 1.24. The summed E-state index contributed by atoms with van der Waals surface area (Å²) in [6.07, 6.45) is 2.36. The normalized spacial score (nSPS) is 27.0. The van der Waals surface area contributed by atoms with E-state index < -0.39 is 10.2 Å². The van der Waals surface area contributed by atoms with Crippen molar-refractivity contribution >= 4 is 43.6 Å². The molecule has 1 N–H and O–H groups in total. The van der Waals surface area contributed by atoms with Crippen LogP contribution in [0.25, 0.3) is 0 Å². The van der Waals surface area contributed by atoms with Crippen LogP contribution in [0.5, 0.6) is 0 Å². The van der Waals surface area contributed by atoms with Gasteiger partial charge in [-0.1, -0.05) is 11.6 Å². The SMILES string of the molecule is O=S(=O)(Nc1ncnc(Cl)c1Br)N1C[C@H]2C[C@H]2C1. The summed E-state index contributed by atoms with van der Waals surface area (Å²) >= 11 is 8.95. The molecule has 6 nitrogen and oxygen atoms in total. The standard InChI is InChI=1S/C9H10BrClN4O2S/c10-7-8(11)12-4-13-9(7)14-18(16,17)15-2-5-1-6(5)3-15/h4-6H,1-3H2,(H,12,13,14)/t5-,6+. The van der Waals surface area contributed by atoms with Crippen molar-refractivity contribution < 1.29 is 8.42 Å². The Kier molecular flexibility index (Phi) is 3.00. The minimum Gasteiger partial charge on any atom is -0.253 e. The van der Waals surface area contributed by atoms with Crippen molar-refractivity contribution in [1.29, 1.82) is 0 Å². The molecular formula is C9H10BrClN4O2S. The van der Waals surface area contributed by atoms with E-state index in [1.165, 1.54) is 10.6 Å². The fourth-order valence-electron chi connectivity index (χ4n) is 2.16. The number of piperidine rings is 1. The summed E-state index contributed by atoms with van der Waals surface area (Å²) in [7, 11) is -3.55. The van der Waals surface area contributed by atoms with Gasteiger partial charge in [0.15, 0.2) is 5.82 Å². The van der Waals surface area contributed by atoms with E-state index in [4.69, 9.17) is 11.6 Å². The molecule has 1 aromatic heterocycles. The van der Waals surface area contributed by atoms with Gasteiger partial charge in [0, 0.05) is 13.1 Å². The summed E-state index contributed by atoms with van der Waals surface area (Å²) in [5.41, 5.74) is 0. The molecule has 1 saturated carbocycles. The molecule has 98 valence electrons. The number of aromatic nitrogens is 2. The second-order valence-corrected chi connectivity index (χ2v) is 7.33. The number of nitrogens with zero attached hydrogens (tertiary/aromatic N) is 3. The topological polar surface area (TPSA) is 75.2 Å². The molecule has 2 heterocycles. The Morgan fingerprint density at radius 2 is 2.06 bits per heavy atom. The lowest BCUT2D eigenvalue weighted by Gasteiger charge is -2.18. The van der Waals surface area contributed by atoms with E-state index >= 15 is 0 Å². The highest BCUT2D eigenvalue weighted by Gasteiger charge is 2.48. The molecule has 0 amide bonds. The molecule has 2 atom stereocenters. The van der Waals surface area contributed by atoms with Crippen LogP contribution in [0, 0.1) is 11.8 Å². The molecule has 1 aliphatic heterocycles. The fourth-order valence-corrected chi connectivity index (χ4v) is 4.03. The van der Waals surface area contributed by atoms with Gasteiger partial charge in [0.05, 0.1) is 4.47 Å². The maximum atomic E-state index is 12.1. The fraction of sp³-hybridized carbons (Fsp3) is 0.556. The molecule has 0 unspecified atom stereocenters. The third kappa shape index (κ3) is 2.22. The lowest BCUT2D eigenvalue weighted by Crippen LogP contribution is -2.35. The number of nitrogens with one attached hydrogen (secondary N) is 1. The smallest absolute Gasteiger partial charge is 0.253 e. The van der Waals surface area contributed by atoms with Crippen LogP contribution in [0.15, 0.2) is 10.8 Å². The highest BCUT2D eigenvalue weighted by Crippen LogP contribution is 2.45. The van der Waals surface area contributed by atoms with Crippen LogP contribution in [-0.4, -0.2) is 35.8 Å². The molecule has 1 aliphatic carbocycles. The Bertz CT molecular complexity index is 586. The summed E-state index contributed by atoms with van der Waals surface area (Å²) in [6.45, 7) is 1.19. The molecule has 9 heteroatoms. The Morgan fingerprint density at radius 3 is 2.72 bits per heavy atom. The zero-order chi connectivity index (χ0) is 12.9. The minimum atomic E-state index is -3.55. The van der Waals surface area contributed by atoms with Crippen molar-refractivity contribution in [3.05, 3.63) is 16.0 Å². The number of hydrogen-bond donors (Lipinski definition) is 1. The predicted molar refractivity (Wildman–Crippen MR) is 70.5 cm³/mol. The molecule has 0 radical (unpaired) electrons. The highest BCUT2D eigenvalue weighted by atomic mass is 79.9. The predicted octanol–water partition coefficient (Wildman–Crippen LogP) is 1.50. The lowest BCUT2D eigenvalue weighted by molar-refractivity contribution is 0.447. The monoisotopic (exact) mass is 352 g/mol. The Balaban J connectivity index is 1.81. The molecule has 0 spiro atoms. The maximum Gasteiger partial charge on any atom is 0.302 e. The Hall–Kier alpha value is -0.440. The molecule has 0 bridgehead atoms. The van der Waals surface area contributed by atoms with Gasteiger partial charge in [-0.05, 0) is 34.2 Å². The molecule has 1 aromatic rings. The van der Waals surface area contributed by atoms with Gasteiger partial charge in [-0.15, -0.1) is 0 Å². The van der Waals surface area contributed by atoms with E-state index in [0.717, 1.165) is 6.42 Å². The van der Waals surface area contributed by atoms with Gasteiger partial charge < -0.3 is 0 Å². The number of hydrogen-bond acceptors (Lipinski definition) is 4. The number of anilines is 1. The van der Waals surface area contributed by atoms with E-state index in [-0.39, 0.29) is 11.0 Å². The summed E-state index contributed by atoms with van der Waals surface area (Å²) in [4.78, 5) is 7.61. The number of halogens is 2. The third-order valence-electron chi connectivity index (χ3n) is 3.26. The van der Waals surface area contributed by atoms with Crippen LogP contribution >= 0.6 is 27.5 Å². The van der Waals surface area contributed by atoms with Crippen LogP contribution in [0.4, 0.5) is 5.82 Å². The average molecular weight is 354 g/mol. The molecule has 2 fully saturated rings. The lowest BCUT2D eigenvalue weighted by atomic mass is 10.4. The van der Waals surface area contributed by atoms with Crippen LogP contribution in [-0.2, 0) is 10.2 Å². The van der Waals surface area contributed by atoms with E-state index in [2.05, 4.69) is 30.6 Å². The van der Waals surface area contributed by atoms with E-state index in [9.17, 15) is 8.42 Å². The summed E-state index contributed by atoms with van der Waals surface area (Å²) < 4.78 is 28.5. The van der Waals surface area contributed by atoms with E-state index in [1.54, 1.807) is 0 Å². The van der Waals surface area contributed by atoms with Gasteiger partial charge >= 0.3 is 10.2 Å². The van der Waals surface area contributed by atoms with Gasteiger partial charge in [-0.25, -0.2) is 9.97 Å². The Morgan fingerprint density at radius 1 is 1.39 bits per heavy atom. The molecular weight excluding hydrogens is 344 g/mol. The molecule has 1 saturated heterocycles. The van der Waals surface area contributed by atoms with Crippen molar-refractivity contribution in [2.24, 2.45) is 11.8 Å². The van der Waals surface area contributed by atoms with Crippen molar-refractivity contribution in [2.45, 2.75) is 6.42 Å². The summed E-state index contributed by atoms with van der Waals surface area (Å²) in [5, 5.41) is 0.173. The zero-order valence-electron chi connectivity index (χ0n) is 9.18. The van der Waals surface area contributed by atoms with E-state index in [1.807, 2.05) is 0 Å². The van der Waals surface area contributed by atoms with Gasteiger partial charge in [0.1, 0.15) is 11.5 Å². The van der Waals surface area contributed by atoms with E-state index in [0.29, 0.717) is 29.4 Å². The van der Waals surface area contributed by atoms with Gasteiger partial charge in [0.2, 0.25) is 0 Å². The number of fused-ring (bicyclic) bond motifs is 1. The second-order valence-electron chi connectivity index (χ2n) is 4.51. The van der Waals surface area contributed by atoms with Crippen LogP contribution in [0.1, 0.15) is 6.42 Å². The van der Waals surface area contributed by atoms with Gasteiger partial charge in [0.25, 0.3) is 0 Å². The zero-order valence-corrected chi connectivity index (χ0v) is 12.3. The minimum absolute atomic E-state index is 0.163. The van der Waals surface area contributed by atoms with Crippen LogP contribution in [0.2, 0.25) is 5.15 Å². The largest absolute Gasteiger partial charge is 0.302 e. The third-order valence-corrected chi connectivity index (χ3v) is 5.95. The first-order valence-corrected chi connectivity index (χ1v) is 8.02. The number of rotatable bonds is 3. The van der Waals surface area contributed by atoms with Crippen molar-refractivity contribution in [3.63, 3.8) is 0 Å². The first-order valence-electron chi connectivity index (χ1n) is 5.41. The summed E-state index contributed by atoms with van der Waals surface area (Å²) in [6, 6.07) is 0. The maximum absolute atomic E-state index is 12.1. The molecule has 0 aromatic carbocycles. The quantitative estimate of drug-likeness (QED) is 0.836. The molecule has 2 aliphatic rings. The first-order chi connectivity index (χ1) is 8.47. The van der Waals surface area contributed by atoms with Crippen molar-refractivity contribution in [2.75, 3.05) is 17.8 Å². The Labute approximate surface area is 118 Å². The molecule has 18 heavy (non-hydrogen) atoms. The van der Waals surface area contributed by atoms with Crippen LogP contribution in [0.3, 0.4) is 0 Å². The van der Waals surface area contributed by atoms with Crippen LogP contribution < -0.4 is 4.72 Å². The average Bonchev–Trinajstić information content (AvgIpc) is 2.92.